The van der Waals surface area contributed by atoms with Crippen molar-refractivity contribution in [3.05, 3.63) is 35.6 Å². The molecule has 0 saturated heterocycles. The standard InChI is InChI=1S/C15H22FN3O2/c1-3-8-15(2,17)14(21)19-10-9-18-13(20)11-4-6-12(16)7-5-11/h4-7H,3,8-10,17H2,1-2H3,(H,18,20)(H,19,21). The summed E-state index contributed by atoms with van der Waals surface area (Å²) in [6.07, 6.45) is 1.42. The number of hydrogen-bond acceptors (Lipinski definition) is 3. The van der Waals surface area contributed by atoms with Gasteiger partial charge in [-0.3, -0.25) is 9.59 Å². The molecule has 0 radical (unpaired) electrons. The quantitative estimate of drug-likeness (QED) is 0.661. The van der Waals surface area contributed by atoms with E-state index in [4.69, 9.17) is 5.73 Å². The lowest BCUT2D eigenvalue weighted by atomic mass is 9.97. The number of amides is 2. The fraction of sp³-hybridized carbons (Fsp3) is 0.467. The highest BCUT2D eigenvalue weighted by Gasteiger charge is 2.26. The van der Waals surface area contributed by atoms with Crippen LogP contribution in [0.15, 0.2) is 24.3 Å². The van der Waals surface area contributed by atoms with E-state index in [0.29, 0.717) is 18.5 Å². The summed E-state index contributed by atoms with van der Waals surface area (Å²) in [5.74, 6) is -0.939. The number of carbonyl (C=O) groups excluding carboxylic acids is 2. The monoisotopic (exact) mass is 295 g/mol. The van der Waals surface area contributed by atoms with Crippen molar-refractivity contribution >= 4 is 11.8 Å². The van der Waals surface area contributed by atoms with Crippen LogP contribution in [0.2, 0.25) is 0 Å². The van der Waals surface area contributed by atoms with Crippen LogP contribution in [0.4, 0.5) is 4.39 Å². The summed E-state index contributed by atoms with van der Waals surface area (Å²) in [6.45, 7) is 4.22. The molecule has 1 aromatic rings. The van der Waals surface area contributed by atoms with Crippen molar-refractivity contribution in [1.82, 2.24) is 10.6 Å². The Bertz CT molecular complexity index is 486. The Labute approximate surface area is 124 Å². The maximum absolute atomic E-state index is 12.7. The molecule has 5 nitrogen and oxygen atoms in total. The number of nitrogens with one attached hydrogen (secondary N) is 2. The molecule has 0 saturated carbocycles. The third-order valence-corrected chi connectivity index (χ3v) is 3.09. The van der Waals surface area contributed by atoms with Gasteiger partial charge in [0.1, 0.15) is 5.82 Å². The molecule has 1 rings (SSSR count). The molecule has 21 heavy (non-hydrogen) atoms. The van der Waals surface area contributed by atoms with E-state index in [9.17, 15) is 14.0 Å². The maximum atomic E-state index is 12.7. The smallest absolute Gasteiger partial charge is 0.251 e. The van der Waals surface area contributed by atoms with E-state index in [0.717, 1.165) is 6.42 Å². The molecule has 4 N–H and O–H groups in total. The molecule has 0 aliphatic heterocycles. The predicted octanol–water partition coefficient (Wildman–Crippen LogP) is 1.19. The molecule has 0 heterocycles. The van der Waals surface area contributed by atoms with Gasteiger partial charge >= 0.3 is 0 Å². The van der Waals surface area contributed by atoms with Gasteiger partial charge in [0.05, 0.1) is 5.54 Å². The Morgan fingerprint density at radius 2 is 1.76 bits per heavy atom. The summed E-state index contributed by atoms with van der Waals surface area (Å²) in [5.41, 5.74) is 5.36. The average molecular weight is 295 g/mol. The summed E-state index contributed by atoms with van der Waals surface area (Å²) in [7, 11) is 0. The van der Waals surface area contributed by atoms with Crippen LogP contribution in [0.5, 0.6) is 0 Å². The molecule has 0 fully saturated rings. The molecule has 2 amide bonds. The molecule has 0 aromatic heterocycles. The SMILES string of the molecule is CCCC(C)(N)C(=O)NCCNC(=O)c1ccc(F)cc1. The first-order chi connectivity index (χ1) is 9.86. The zero-order valence-corrected chi connectivity index (χ0v) is 12.4. The molecule has 1 atom stereocenters. The molecule has 0 spiro atoms. The van der Waals surface area contributed by atoms with Crippen LogP contribution < -0.4 is 16.4 Å². The van der Waals surface area contributed by atoms with Gasteiger partial charge in [-0.2, -0.15) is 0 Å². The second kappa shape index (κ2) is 7.73. The van der Waals surface area contributed by atoms with Crippen molar-refractivity contribution in [2.45, 2.75) is 32.2 Å². The minimum absolute atomic E-state index is 0.236. The predicted molar refractivity (Wildman–Crippen MR) is 79.2 cm³/mol. The second-order valence-corrected chi connectivity index (χ2v) is 5.19. The van der Waals surface area contributed by atoms with Gasteiger partial charge in [0.25, 0.3) is 5.91 Å². The van der Waals surface area contributed by atoms with E-state index in [1.54, 1.807) is 6.92 Å². The number of halogens is 1. The molecule has 1 aromatic carbocycles. The summed E-state index contributed by atoms with van der Waals surface area (Å²) < 4.78 is 12.7. The lowest BCUT2D eigenvalue weighted by molar-refractivity contribution is -0.126. The second-order valence-electron chi connectivity index (χ2n) is 5.19. The fourth-order valence-electron chi connectivity index (χ4n) is 1.89. The molecule has 0 aliphatic carbocycles. The normalized spacial score (nSPS) is 13.3. The molecule has 0 bridgehead atoms. The number of hydrogen-bond donors (Lipinski definition) is 3. The van der Waals surface area contributed by atoms with Crippen LogP contribution in [0.25, 0.3) is 0 Å². The van der Waals surface area contributed by atoms with Crippen LogP contribution in [0, 0.1) is 5.82 Å². The maximum Gasteiger partial charge on any atom is 0.251 e. The molecule has 1 unspecified atom stereocenters. The first kappa shape index (κ1) is 17.1. The van der Waals surface area contributed by atoms with Crippen LogP contribution in [-0.2, 0) is 4.79 Å². The van der Waals surface area contributed by atoms with Crippen LogP contribution >= 0.6 is 0 Å². The van der Waals surface area contributed by atoms with E-state index in [1.807, 2.05) is 6.92 Å². The Morgan fingerprint density at radius 1 is 1.19 bits per heavy atom. The third kappa shape index (κ3) is 5.51. The first-order valence-electron chi connectivity index (χ1n) is 6.98. The molecule has 6 heteroatoms. The summed E-state index contributed by atoms with van der Waals surface area (Å²) in [6, 6.07) is 5.26. The Kier molecular flexibility index (Phi) is 6.30. The van der Waals surface area contributed by atoms with Gasteiger partial charge in [0.15, 0.2) is 0 Å². The van der Waals surface area contributed by atoms with E-state index in [2.05, 4.69) is 10.6 Å². The highest BCUT2D eigenvalue weighted by Crippen LogP contribution is 2.07. The van der Waals surface area contributed by atoms with Gasteiger partial charge < -0.3 is 16.4 Å². The van der Waals surface area contributed by atoms with Crippen molar-refractivity contribution in [2.75, 3.05) is 13.1 Å². The Morgan fingerprint density at radius 3 is 2.33 bits per heavy atom. The molecule has 116 valence electrons. The Hall–Kier alpha value is -1.95. The minimum atomic E-state index is -0.893. The zero-order chi connectivity index (χ0) is 15.9. The number of nitrogens with two attached hydrogens (primary N) is 1. The van der Waals surface area contributed by atoms with Crippen LogP contribution in [0.3, 0.4) is 0 Å². The summed E-state index contributed by atoms with van der Waals surface area (Å²) >= 11 is 0. The largest absolute Gasteiger partial charge is 0.353 e. The first-order valence-corrected chi connectivity index (χ1v) is 6.98. The lowest BCUT2D eigenvalue weighted by Gasteiger charge is -2.22. The minimum Gasteiger partial charge on any atom is -0.353 e. The van der Waals surface area contributed by atoms with Crippen molar-refractivity contribution in [3.8, 4) is 0 Å². The van der Waals surface area contributed by atoms with E-state index in [1.165, 1.54) is 24.3 Å². The van der Waals surface area contributed by atoms with Crippen molar-refractivity contribution < 1.29 is 14.0 Å². The highest BCUT2D eigenvalue weighted by molar-refractivity contribution is 5.94. The highest BCUT2D eigenvalue weighted by atomic mass is 19.1. The van der Waals surface area contributed by atoms with Crippen molar-refractivity contribution in [3.63, 3.8) is 0 Å². The lowest BCUT2D eigenvalue weighted by Crippen LogP contribution is -2.52. The summed E-state index contributed by atoms with van der Waals surface area (Å²) in [5, 5.41) is 5.33. The van der Waals surface area contributed by atoms with Crippen molar-refractivity contribution in [1.29, 1.82) is 0 Å². The zero-order valence-electron chi connectivity index (χ0n) is 12.4. The Balaban J connectivity index is 2.32. The van der Waals surface area contributed by atoms with E-state index >= 15 is 0 Å². The van der Waals surface area contributed by atoms with E-state index in [-0.39, 0.29) is 18.4 Å². The molecular weight excluding hydrogens is 273 g/mol. The fourth-order valence-corrected chi connectivity index (χ4v) is 1.89. The number of benzene rings is 1. The summed E-state index contributed by atoms with van der Waals surface area (Å²) in [4.78, 5) is 23.5. The van der Waals surface area contributed by atoms with Crippen LogP contribution in [0.1, 0.15) is 37.0 Å². The van der Waals surface area contributed by atoms with Crippen molar-refractivity contribution in [2.24, 2.45) is 5.73 Å². The third-order valence-electron chi connectivity index (χ3n) is 3.09. The van der Waals surface area contributed by atoms with Gasteiger partial charge in [-0.05, 0) is 37.6 Å². The van der Waals surface area contributed by atoms with Gasteiger partial charge in [-0.25, -0.2) is 4.39 Å². The van der Waals surface area contributed by atoms with E-state index < -0.39 is 11.4 Å². The van der Waals surface area contributed by atoms with Gasteiger partial charge in [-0.15, -0.1) is 0 Å². The number of rotatable bonds is 7. The van der Waals surface area contributed by atoms with Gasteiger partial charge in [0, 0.05) is 18.7 Å². The molecular formula is C15H22FN3O2. The van der Waals surface area contributed by atoms with Crippen LogP contribution in [-0.4, -0.2) is 30.4 Å². The average Bonchev–Trinajstić information content (AvgIpc) is 2.43. The molecule has 0 aliphatic rings. The van der Waals surface area contributed by atoms with Gasteiger partial charge in [0.2, 0.25) is 5.91 Å². The number of carbonyl (C=O) groups is 2. The van der Waals surface area contributed by atoms with Gasteiger partial charge in [-0.1, -0.05) is 13.3 Å². The topological polar surface area (TPSA) is 84.2 Å².